The molecule has 5 nitrogen and oxygen atoms in total. The number of carbonyl (C=O) groups excluding carboxylic acids is 2. The standard InChI is InChI=1S/C23H28N2O3/c1-17(27)19-6-2-7-20(13-19)21-8-3-9-22(14-21)23(28)24-15-18-5-4-10-25(16-18)11-12-26/h2-3,6-9,13-14,18,26H,4-5,10-12,15-16H2,1H3,(H,24,28)/t18-/m0/s1. The molecule has 1 saturated heterocycles. The summed E-state index contributed by atoms with van der Waals surface area (Å²) in [6.07, 6.45) is 2.20. The fourth-order valence-electron chi connectivity index (χ4n) is 3.76. The summed E-state index contributed by atoms with van der Waals surface area (Å²) in [7, 11) is 0. The molecule has 0 unspecified atom stereocenters. The average Bonchev–Trinajstić information content (AvgIpc) is 2.73. The number of piperidine rings is 1. The van der Waals surface area contributed by atoms with Gasteiger partial charge in [-0.05, 0) is 61.6 Å². The minimum absolute atomic E-state index is 0.0264. The first-order chi connectivity index (χ1) is 13.6. The molecular formula is C23H28N2O3. The number of Topliss-reactive ketones (excluding diaryl/α,β-unsaturated/α-hetero) is 1. The SMILES string of the molecule is CC(=O)c1cccc(-c2cccc(C(=O)NC[C@@H]3CCCN(CCO)C3)c2)c1. The third-order valence-corrected chi connectivity index (χ3v) is 5.30. The molecule has 2 aromatic rings. The van der Waals surface area contributed by atoms with Crippen LogP contribution in [0, 0.1) is 5.92 Å². The van der Waals surface area contributed by atoms with Crippen LogP contribution in [0.15, 0.2) is 48.5 Å². The molecule has 0 saturated carbocycles. The van der Waals surface area contributed by atoms with Crippen LogP contribution in [-0.2, 0) is 0 Å². The Morgan fingerprint density at radius 1 is 1.11 bits per heavy atom. The lowest BCUT2D eigenvalue weighted by atomic mass is 9.97. The van der Waals surface area contributed by atoms with E-state index in [1.54, 1.807) is 13.0 Å². The van der Waals surface area contributed by atoms with Crippen molar-refractivity contribution in [1.82, 2.24) is 10.2 Å². The highest BCUT2D eigenvalue weighted by molar-refractivity contribution is 5.97. The molecule has 1 aliphatic rings. The first-order valence-electron chi connectivity index (χ1n) is 9.89. The number of aliphatic hydroxyl groups is 1. The van der Waals surface area contributed by atoms with Crippen LogP contribution in [0.5, 0.6) is 0 Å². The largest absolute Gasteiger partial charge is 0.395 e. The Hall–Kier alpha value is -2.50. The van der Waals surface area contributed by atoms with Crippen molar-refractivity contribution in [2.45, 2.75) is 19.8 Å². The fraction of sp³-hybridized carbons (Fsp3) is 0.391. The van der Waals surface area contributed by atoms with Gasteiger partial charge < -0.3 is 15.3 Å². The molecule has 0 spiro atoms. The molecule has 1 amide bonds. The molecule has 0 radical (unpaired) electrons. The summed E-state index contributed by atoms with van der Waals surface area (Å²) in [6.45, 7) is 5.01. The van der Waals surface area contributed by atoms with Crippen molar-refractivity contribution in [3.63, 3.8) is 0 Å². The predicted octanol–water partition coefficient (Wildman–Crippen LogP) is 2.99. The first kappa shape index (κ1) is 20.2. The summed E-state index contributed by atoms with van der Waals surface area (Å²) >= 11 is 0. The lowest BCUT2D eigenvalue weighted by Gasteiger charge is -2.32. The molecule has 148 valence electrons. The Bertz CT molecular complexity index is 832. The molecular weight excluding hydrogens is 352 g/mol. The van der Waals surface area contributed by atoms with Crippen LogP contribution in [0.25, 0.3) is 11.1 Å². The highest BCUT2D eigenvalue weighted by Crippen LogP contribution is 2.22. The van der Waals surface area contributed by atoms with Gasteiger partial charge in [0.25, 0.3) is 5.91 Å². The van der Waals surface area contributed by atoms with Crippen LogP contribution in [-0.4, -0.2) is 54.5 Å². The maximum absolute atomic E-state index is 12.6. The molecule has 1 atom stereocenters. The summed E-state index contributed by atoms with van der Waals surface area (Å²) in [5, 5.41) is 12.2. The number of hydrogen-bond donors (Lipinski definition) is 2. The second-order valence-electron chi connectivity index (χ2n) is 7.46. The van der Waals surface area contributed by atoms with E-state index < -0.39 is 0 Å². The van der Waals surface area contributed by atoms with Gasteiger partial charge in [0.2, 0.25) is 0 Å². The van der Waals surface area contributed by atoms with E-state index in [0.29, 0.717) is 30.1 Å². The molecule has 0 aliphatic carbocycles. The van der Waals surface area contributed by atoms with Crippen LogP contribution in [0.2, 0.25) is 0 Å². The van der Waals surface area contributed by atoms with Gasteiger partial charge >= 0.3 is 0 Å². The highest BCUT2D eigenvalue weighted by atomic mass is 16.3. The van der Waals surface area contributed by atoms with Crippen LogP contribution in [0.4, 0.5) is 0 Å². The lowest BCUT2D eigenvalue weighted by molar-refractivity contribution is 0.0924. The number of hydrogen-bond acceptors (Lipinski definition) is 4. The zero-order valence-electron chi connectivity index (χ0n) is 16.4. The van der Waals surface area contributed by atoms with E-state index in [0.717, 1.165) is 37.1 Å². The average molecular weight is 380 g/mol. The molecule has 2 aromatic carbocycles. The Labute approximate surface area is 166 Å². The zero-order valence-corrected chi connectivity index (χ0v) is 16.4. The smallest absolute Gasteiger partial charge is 0.251 e. The number of amides is 1. The minimum atomic E-state index is -0.0798. The number of rotatable bonds is 7. The molecule has 1 aliphatic heterocycles. The monoisotopic (exact) mass is 380 g/mol. The van der Waals surface area contributed by atoms with Gasteiger partial charge in [0, 0.05) is 30.8 Å². The molecule has 0 aromatic heterocycles. The van der Waals surface area contributed by atoms with Crippen LogP contribution in [0.1, 0.15) is 40.5 Å². The van der Waals surface area contributed by atoms with E-state index in [9.17, 15) is 9.59 Å². The summed E-state index contributed by atoms with van der Waals surface area (Å²) in [5.74, 6) is 0.363. The van der Waals surface area contributed by atoms with Crippen molar-refractivity contribution in [2.75, 3.05) is 32.8 Å². The number of ketones is 1. The minimum Gasteiger partial charge on any atom is -0.395 e. The molecule has 3 rings (SSSR count). The number of nitrogens with one attached hydrogen (secondary N) is 1. The van der Waals surface area contributed by atoms with Crippen molar-refractivity contribution in [2.24, 2.45) is 5.92 Å². The van der Waals surface area contributed by atoms with Gasteiger partial charge in [-0.25, -0.2) is 0 Å². The molecule has 1 heterocycles. The number of aliphatic hydroxyl groups excluding tert-OH is 1. The van der Waals surface area contributed by atoms with Gasteiger partial charge in [-0.2, -0.15) is 0 Å². The molecule has 5 heteroatoms. The zero-order chi connectivity index (χ0) is 19.9. The van der Waals surface area contributed by atoms with Crippen molar-refractivity contribution in [1.29, 1.82) is 0 Å². The molecule has 1 fully saturated rings. The van der Waals surface area contributed by atoms with Gasteiger partial charge in [-0.3, -0.25) is 9.59 Å². The third kappa shape index (κ3) is 5.27. The van der Waals surface area contributed by atoms with Crippen molar-refractivity contribution in [3.8, 4) is 11.1 Å². The summed E-state index contributed by atoms with van der Waals surface area (Å²) in [4.78, 5) is 26.5. The first-order valence-corrected chi connectivity index (χ1v) is 9.89. The van der Waals surface area contributed by atoms with Crippen LogP contribution >= 0.6 is 0 Å². The van der Waals surface area contributed by atoms with E-state index in [1.807, 2.05) is 42.5 Å². The molecule has 2 N–H and O–H groups in total. The number of likely N-dealkylation sites (tertiary alicyclic amines) is 1. The maximum Gasteiger partial charge on any atom is 0.251 e. The van der Waals surface area contributed by atoms with Gasteiger partial charge in [0.1, 0.15) is 0 Å². The van der Waals surface area contributed by atoms with Crippen LogP contribution < -0.4 is 5.32 Å². The van der Waals surface area contributed by atoms with Crippen molar-refractivity contribution < 1.29 is 14.7 Å². The number of β-amino-alcohol motifs (C(OH)–C–C–N with tert-alkyl or cyclic N) is 1. The summed E-state index contributed by atoms with van der Waals surface area (Å²) in [5.41, 5.74) is 3.13. The number of carbonyl (C=O) groups is 2. The van der Waals surface area contributed by atoms with E-state index in [4.69, 9.17) is 5.11 Å². The second kappa shape index (κ2) is 9.62. The molecule has 0 bridgehead atoms. The fourth-order valence-corrected chi connectivity index (χ4v) is 3.76. The lowest BCUT2D eigenvalue weighted by Crippen LogP contribution is -2.41. The van der Waals surface area contributed by atoms with Gasteiger partial charge in [0.15, 0.2) is 5.78 Å². The normalized spacial score (nSPS) is 17.3. The Balaban J connectivity index is 1.64. The molecule has 28 heavy (non-hydrogen) atoms. The van der Waals surface area contributed by atoms with E-state index in [1.165, 1.54) is 0 Å². The Morgan fingerprint density at radius 3 is 2.46 bits per heavy atom. The topological polar surface area (TPSA) is 69.6 Å². The van der Waals surface area contributed by atoms with Gasteiger partial charge in [-0.15, -0.1) is 0 Å². The predicted molar refractivity (Wildman–Crippen MR) is 110 cm³/mol. The summed E-state index contributed by atoms with van der Waals surface area (Å²) < 4.78 is 0. The van der Waals surface area contributed by atoms with E-state index in [-0.39, 0.29) is 18.3 Å². The quantitative estimate of drug-likeness (QED) is 0.725. The third-order valence-electron chi connectivity index (χ3n) is 5.30. The van der Waals surface area contributed by atoms with Crippen molar-refractivity contribution >= 4 is 11.7 Å². The van der Waals surface area contributed by atoms with E-state index >= 15 is 0 Å². The van der Waals surface area contributed by atoms with Gasteiger partial charge in [-0.1, -0.05) is 30.3 Å². The number of nitrogens with zero attached hydrogens (tertiary/aromatic N) is 1. The summed E-state index contributed by atoms with van der Waals surface area (Å²) in [6, 6.07) is 15.0. The van der Waals surface area contributed by atoms with Gasteiger partial charge in [0.05, 0.1) is 6.61 Å². The van der Waals surface area contributed by atoms with E-state index in [2.05, 4.69) is 10.2 Å². The van der Waals surface area contributed by atoms with Crippen molar-refractivity contribution in [3.05, 3.63) is 59.7 Å². The Kier molecular flexibility index (Phi) is 6.95. The van der Waals surface area contributed by atoms with Crippen LogP contribution in [0.3, 0.4) is 0 Å². The maximum atomic E-state index is 12.6. The number of benzene rings is 2. The Morgan fingerprint density at radius 2 is 1.79 bits per heavy atom. The second-order valence-corrected chi connectivity index (χ2v) is 7.46. The highest BCUT2D eigenvalue weighted by Gasteiger charge is 2.20.